The number of aliphatic carboxylic acids is 2. The quantitative estimate of drug-likeness (QED) is 0.575. The van der Waals surface area contributed by atoms with Gasteiger partial charge in [-0.1, -0.05) is 18.2 Å². The van der Waals surface area contributed by atoms with Crippen molar-refractivity contribution >= 4 is 22.1 Å². The minimum atomic E-state index is -4.80. The minimum Gasteiger partial charge on any atom is -0.481 e. The molecule has 0 aliphatic heterocycles. The summed E-state index contributed by atoms with van der Waals surface area (Å²) < 4.78 is 30.8. The Labute approximate surface area is 90.4 Å². The van der Waals surface area contributed by atoms with Gasteiger partial charge in [-0.15, -0.1) is 0 Å². The number of carboxylic acid groups (broad SMARTS) is 2. The largest absolute Gasteiger partial charge is 0.481 e. The van der Waals surface area contributed by atoms with Crippen LogP contribution in [0.2, 0.25) is 0 Å². The van der Waals surface area contributed by atoms with E-state index in [-0.39, 0.29) is 0 Å². The molecule has 0 fully saturated rings. The lowest BCUT2D eigenvalue weighted by Crippen LogP contribution is -2.38. The van der Waals surface area contributed by atoms with Crippen LogP contribution in [0.25, 0.3) is 0 Å². The van der Waals surface area contributed by atoms with Crippen LogP contribution in [-0.2, 0) is 19.7 Å². The summed E-state index contributed by atoms with van der Waals surface area (Å²) in [6.07, 6.45) is 3.08. The first kappa shape index (κ1) is 12.4. The lowest BCUT2D eigenvalue weighted by molar-refractivity contribution is -0.140. The van der Waals surface area contributed by atoms with Crippen molar-refractivity contribution in [3.8, 4) is 0 Å². The molecular weight excluding hydrogens is 240 g/mol. The highest BCUT2D eigenvalue weighted by Gasteiger charge is 2.42. The number of carboxylic acids is 2. The zero-order chi connectivity index (χ0) is 12.5. The van der Waals surface area contributed by atoms with E-state index in [0.717, 1.165) is 18.2 Å². The van der Waals surface area contributed by atoms with Crippen molar-refractivity contribution < 1.29 is 32.8 Å². The van der Waals surface area contributed by atoms with E-state index >= 15 is 0 Å². The van der Waals surface area contributed by atoms with Gasteiger partial charge in [-0.05, 0) is 0 Å². The predicted molar refractivity (Wildman–Crippen MR) is 51.3 cm³/mol. The van der Waals surface area contributed by atoms with Crippen LogP contribution in [0, 0.1) is 5.92 Å². The van der Waals surface area contributed by atoms with Crippen molar-refractivity contribution in [2.75, 3.05) is 0 Å². The van der Waals surface area contributed by atoms with Crippen LogP contribution in [0.5, 0.6) is 0 Å². The topological polar surface area (TPSA) is 129 Å². The maximum Gasteiger partial charge on any atom is 0.333 e. The van der Waals surface area contributed by atoms with Crippen LogP contribution in [-0.4, -0.2) is 40.4 Å². The molecule has 3 N–H and O–H groups in total. The van der Waals surface area contributed by atoms with Crippen molar-refractivity contribution in [2.45, 2.75) is 5.25 Å². The van der Waals surface area contributed by atoms with Crippen molar-refractivity contribution in [1.82, 2.24) is 0 Å². The molecule has 2 unspecified atom stereocenters. The van der Waals surface area contributed by atoms with Crippen molar-refractivity contribution in [1.29, 1.82) is 0 Å². The number of hydrogen-bond acceptors (Lipinski definition) is 4. The van der Waals surface area contributed by atoms with Crippen molar-refractivity contribution in [3.05, 3.63) is 23.8 Å². The summed E-state index contributed by atoms with van der Waals surface area (Å²) >= 11 is 0. The van der Waals surface area contributed by atoms with Crippen LogP contribution in [0.4, 0.5) is 0 Å². The first-order valence-corrected chi connectivity index (χ1v) is 5.56. The van der Waals surface area contributed by atoms with Gasteiger partial charge in [-0.25, -0.2) is 4.79 Å². The highest BCUT2D eigenvalue weighted by Crippen LogP contribution is 2.26. The fraction of sp³-hybridized carbons (Fsp3) is 0.250. The fourth-order valence-corrected chi connectivity index (χ4v) is 2.50. The van der Waals surface area contributed by atoms with Gasteiger partial charge in [-0.2, -0.15) is 8.42 Å². The highest BCUT2D eigenvalue weighted by atomic mass is 32.2. The molecule has 1 aliphatic rings. The molecule has 1 rings (SSSR count). The smallest absolute Gasteiger partial charge is 0.333 e. The Morgan fingerprint density at radius 3 is 2.19 bits per heavy atom. The lowest BCUT2D eigenvalue weighted by atomic mass is 9.94. The van der Waals surface area contributed by atoms with E-state index in [1.54, 1.807) is 0 Å². The minimum absolute atomic E-state index is 0.669. The van der Waals surface area contributed by atoms with Crippen LogP contribution >= 0.6 is 0 Å². The summed E-state index contributed by atoms with van der Waals surface area (Å²) in [6.45, 7) is 0. The van der Waals surface area contributed by atoms with Crippen molar-refractivity contribution in [2.24, 2.45) is 5.92 Å². The normalized spacial score (nSPS) is 24.9. The second kappa shape index (κ2) is 4.06. The van der Waals surface area contributed by atoms with Gasteiger partial charge in [-0.3, -0.25) is 9.35 Å². The molecular formula is C8H8O7S. The van der Waals surface area contributed by atoms with Gasteiger partial charge < -0.3 is 10.2 Å². The zero-order valence-electron chi connectivity index (χ0n) is 7.77. The summed E-state index contributed by atoms with van der Waals surface area (Å²) in [5.41, 5.74) is -0.669. The molecule has 16 heavy (non-hydrogen) atoms. The Hall–Kier alpha value is -1.67. The Morgan fingerprint density at radius 1 is 1.25 bits per heavy atom. The second-order valence-corrected chi connectivity index (χ2v) is 4.65. The van der Waals surface area contributed by atoms with E-state index in [9.17, 15) is 18.0 Å². The summed E-state index contributed by atoms with van der Waals surface area (Å²) in [5.74, 6) is -4.71. The Balaban J connectivity index is 3.31. The van der Waals surface area contributed by atoms with Gasteiger partial charge in [0, 0.05) is 0 Å². The van der Waals surface area contributed by atoms with Crippen LogP contribution in [0.1, 0.15) is 0 Å². The third-order valence-electron chi connectivity index (χ3n) is 2.08. The summed E-state index contributed by atoms with van der Waals surface area (Å²) in [7, 11) is -4.80. The molecule has 0 spiro atoms. The molecule has 0 radical (unpaired) electrons. The molecule has 0 heterocycles. The fourth-order valence-electron chi connectivity index (χ4n) is 1.42. The van der Waals surface area contributed by atoms with Gasteiger partial charge in [0.15, 0.2) is 0 Å². The first-order valence-electron chi connectivity index (χ1n) is 4.06. The maximum absolute atomic E-state index is 11.0. The molecule has 0 amide bonds. The standard InChI is InChI=1S/C8H8O7S/c9-7(10)4-2-1-3-5(8(11)12)6(4)16(13,14)15/h1-4,6H,(H,9,10)(H,11,12)(H,13,14,15). The van der Waals surface area contributed by atoms with E-state index in [1.165, 1.54) is 0 Å². The summed E-state index contributed by atoms with van der Waals surface area (Å²) in [6, 6.07) is 0. The van der Waals surface area contributed by atoms with Gasteiger partial charge in [0.1, 0.15) is 5.25 Å². The van der Waals surface area contributed by atoms with E-state index in [1.807, 2.05) is 0 Å². The molecule has 0 aromatic heterocycles. The molecule has 1 aliphatic carbocycles. The summed E-state index contributed by atoms with van der Waals surface area (Å²) in [4.78, 5) is 21.4. The monoisotopic (exact) mass is 248 g/mol. The molecule has 7 nitrogen and oxygen atoms in total. The highest BCUT2D eigenvalue weighted by molar-refractivity contribution is 7.86. The Bertz CT molecular complexity index is 485. The molecule has 0 saturated carbocycles. The van der Waals surface area contributed by atoms with Gasteiger partial charge in [0.25, 0.3) is 10.1 Å². The molecule has 0 aromatic carbocycles. The van der Waals surface area contributed by atoms with E-state index in [0.29, 0.717) is 0 Å². The number of rotatable bonds is 3. The number of hydrogen-bond donors (Lipinski definition) is 3. The van der Waals surface area contributed by atoms with Crippen LogP contribution in [0.15, 0.2) is 23.8 Å². The Morgan fingerprint density at radius 2 is 1.81 bits per heavy atom. The molecule has 88 valence electrons. The third kappa shape index (κ3) is 2.28. The van der Waals surface area contributed by atoms with Gasteiger partial charge in [0.05, 0.1) is 11.5 Å². The van der Waals surface area contributed by atoms with E-state index in [4.69, 9.17) is 14.8 Å². The second-order valence-electron chi connectivity index (χ2n) is 3.11. The average molecular weight is 248 g/mol. The number of allylic oxidation sites excluding steroid dienone is 2. The van der Waals surface area contributed by atoms with Crippen LogP contribution < -0.4 is 0 Å². The summed E-state index contributed by atoms with van der Waals surface area (Å²) in [5, 5.41) is 15.4. The van der Waals surface area contributed by atoms with E-state index < -0.39 is 38.8 Å². The average Bonchev–Trinajstić information content (AvgIpc) is 2.15. The first-order chi connectivity index (χ1) is 7.25. The molecule has 2 atom stereocenters. The lowest BCUT2D eigenvalue weighted by Gasteiger charge is -2.21. The third-order valence-corrected chi connectivity index (χ3v) is 3.27. The van der Waals surface area contributed by atoms with E-state index in [2.05, 4.69) is 0 Å². The molecule has 0 saturated heterocycles. The van der Waals surface area contributed by atoms with Crippen LogP contribution in [0.3, 0.4) is 0 Å². The molecule has 0 bridgehead atoms. The molecule has 8 heteroatoms. The van der Waals surface area contributed by atoms with Crippen molar-refractivity contribution in [3.63, 3.8) is 0 Å². The SMILES string of the molecule is O=C(O)C1=CC=CC(C(=O)O)C1S(=O)(=O)O. The zero-order valence-corrected chi connectivity index (χ0v) is 8.59. The van der Waals surface area contributed by atoms with Gasteiger partial charge >= 0.3 is 11.9 Å². The van der Waals surface area contributed by atoms with Gasteiger partial charge in [0.2, 0.25) is 0 Å². The Kier molecular flexibility index (Phi) is 3.15. The maximum atomic E-state index is 11.0. The predicted octanol–water partition coefficient (Wildman–Crippen LogP) is -0.476. The number of carbonyl (C=O) groups is 2. The molecule has 0 aromatic rings.